The van der Waals surface area contributed by atoms with Crippen molar-refractivity contribution in [2.24, 2.45) is 0 Å². The molecule has 1 amide bonds. The molecule has 0 saturated carbocycles. The second-order valence-electron chi connectivity index (χ2n) is 10.3. The summed E-state index contributed by atoms with van der Waals surface area (Å²) in [6.07, 6.45) is 2.06. The lowest BCUT2D eigenvalue weighted by molar-refractivity contribution is -0.116. The van der Waals surface area contributed by atoms with Crippen LogP contribution in [0.15, 0.2) is 97.2 Å². The van der Waals surface area contributed by atoms with Gasteiger partial charge in [-0.1, -0.05) is 42.5 Å². The van der Waals surface area contributed by atoms with Crippen LogP contribution in [-0.4, -0.2) is 37.1 Å². The quantitative estimate of drug-likeness (QED) is 0.201. The normalized spacial score (nSPS) is 16.6. The lowest BCUT2D eigenvalue weighted by atomic mass is 9.96. The van der Waals surface area contributed by atoms with E-state index in [1.807, 2.05) is 72.8 Å². The molecule has 1 aliphatic rings. The zero-order valence-electron chi connectivity index (χ0n) is 22.9. The molecule has 0 aliphatic carbocycles. The Morgan fingerprint density at radius 1 is 1.00 bits per heavy atom. The number of phenols is 1. The Balaban J connectivity index is 1.31. The molecule has 3 N–H and O–H groups in total. The largest absolute Gasteiger partial charge is 0.508 e. The smallest absolute Gasteiger partial charge is 0.226 e. The van der Waals surface area contributed by atoms with E-state index in [2.05, 4.69) is 45.0 Å². The number of carbonyl (C=O) groups is 1. The van der Waals surface area contributed by atoms with Gasteiger partial charge in [-0.3, -0.25) is 9.78 Å². The minimum atomic E-state index is -0.182. The predicted octanol–water partition coefficient (Wildman–Crippen LogP) is 6.35. The molecule has 1 saturated heterocycles. The third-order valence-corrected chi connectivity index (χ3v) is 8.09. The van der Waals surface area contributed by atoms with Crippen LogP contribution in [0.3, 0.4) is 0 Å². The first-order valence-corrected chi connectivity index (χ1v) is 14.1. The summed E-state index contributed by atoms with van der Waals surface area (Å²) in [5.41, 5.74) is 5.89. The number of phenolic OH excluding ortho intramolecular Hbond substituents is 1. The number of aryl methyl sites for hydroxylation is 1. The minimum Gasteiger partial charge on any atom is -0.508 e. The van der Waals surface area contributed by atoms with Crippen LogP contribution in [-0.2, 0) is 4.79 Å². The molecule has 3 heterocycles. The predicted molar refractivity (Wildman–Crippen MR) is 166 cm³/mol. The summed E-state index contributed by atoms with van der Waals surface area (Å²) < 4.78 is 2.18. The second-order valence-corrected chi connectivity index (χ2v) is 10.7. The van der Waals surface area contributed by atoms with E-state index < -0.39 is 0 Å². The molecule has 2 aromatic heterocycles. The third-order valence-electron chi connectivity index (χ3n) is 7.74. The van der Waals surface area contributed by atoms with Crippen LogP contribution in [0.4, 0.5) is 5.69 Å². The Morgan fingerprint density at radius 2 is 1.76 bits per heavy atom. The van der Waals surface area contributed by atoms with Crippen molar-refractivity contribution in [3.8, 4) is 11.4 Å². The fourth-order valence-electron chi connectivity index (χ4n) is 5.84. The van der Waals surface area contributed by atoms with Crippen molar-refractivity contribution in [1.82, 2.24) is 19.8 Å². The number of benzene rings is 3. The second kappa shape index (κ2) is 11.1. The maximum absolute atomic E-state index is 13.2. The van der Waals surface area contributed by atoms with E-state index in [0.717, 1.165) is 44.8 Å². The van der Waals surface area contributed by atoms with E-state index in [0.29, 0.717) is 11.7 Å². The SMILES string of the molecule is Cc1cc([C@@H]2[C@H](c3ccccn3)NC(=S)N2CCC(=O)Nc2cccc3ccccc23)c(C)n1-c1ccc(O)cc1. The van der Waals surface area contributed by atoms with Crippen molar-refractivity contribution >= 4 is 39.7 Å². The molecular weight excluding hydrogens is 530 g/mol. The molecule has 41 heavy (non-hydrogen) atoms. The number of aromatic nitrogens is 2. The van der Waals surface area contributed by atoms with E-state index in [1.54, 1.807) is 18.3 Å². The summed E-state index contributed by atoms with van der Waals surface area (Å²) >= 11 is 5.85. The van der Waals surface area contributed by atoms with Gasteiger partial charge in [0.25, 0.3) is 0 Å². The van der Waals surface area contributed by atoms with Gasteiger partial charge in [-0.05, 0) is 85.5 Å². The number of amides is 1. The maximum Gasteiger partial charge on any atom is 0.226 e. The number of rotatable bonds is 7. The number of thiocarbonyl (C=S) groups is 1. The number of nitrogens with zero attached hydrogens (tertiary/aromatic N) is 3. The summed E-state index contributed by atoms with van der Waals surface area (Å²) in [5, 5.41) is 19.1. The molecule has 8 heteroatoms. The maximum atomic E-state index is 13.2. The number of pyridine rings is 1. The van der Waals surface area contributed by atoms with Gasteiger partial charge in [-0.25, -0.2) is 0 Å². The number of aromatic hydroxyl groups is 1. The first kappa shape index (κ1) is 26.5. The van der Waals surface area contributed by atoms with E-state index in [-0.39, 0.29) is 30.2 Å². The molecule has 0 bridgehead atoms. The van der Waals surface area contributed by atoms with Gasteiger partial charge in [0.2, 0.25) is 5.91 Å². The number of fused-ring (bicyclic) bond motifs is 1. The average Bonchev–Trinajstić information content (AvgIpc) is 3.47. The van der Waals surface area contributed by atoms with Gasteiger partial charge in [0.15, 0.2) is 5.11 Å². The van der Waals surface area contributed by atoms with Crippen molar-refractivity contribution in [2.45, 2.75) is 32.4 Å². The van der Waals surface area contributed by atoms with Crippen molar-refractivity contribution < 1.29 is 9.90 Å². The zero-order valence-corrected chi connectivity index (χ0v) is 23.7. The van der Waals surface area contributed by atoms with Crippen LogP contribution >= 0.6 is 12.2 Å². The van der Waals surface area contributed by atoms with Crippen molar-refractivity contribution in [3.05, 3.63) is 120 Å². The zero-order chi connectivity index (χ0) is 28.5. The van der Waals surface area contributed by atoms with Gasteiger partial charge >= 0.3 is 0 Å². The lowest BCUT2D eigenvalue weighted by Gasteiger charge is -2.28. The molecule has 206 valence electrons. The highest BCUT2D eigenvalue weighted by atomic mass is 32.1. The molecule has 6 rings (SSSR count). The topological polar surface area (TPSA) is 82.4 Å². The van der Waals surface area contributed by atoms with Crippen molar-refractivity contribution in [3.63, 3.8) is 0 Å². The van der Waals surface area contributed by atoms with Gasteiger partial charge in [0.1, 0.15) is 5.75 Å². The van der Waals surface area contributed by atoms with Gasteiger partial charge in [-0.2, -0.15) is 0 Å². The molecule has 0 radical (unpaired) electrons. The fourth-order valence-corrected chi connectivity index (χ4v) is 6.17. The van der Waals surface area contributed by atoms with Gasteiger partial charge in [0.05, 0.1) is 17.8 Å². The summed E-state index contributed by atoms with van der Waals surface area (Å²) in [4.78, 5) is 20.0. The van der Waals surface area contributed by atoms with Gasteiger partial charge in [-0.15, -0.1) is 0 Å². The molecule has 7 nitrogen and oxygen atoms in total. The standard InChI is InChI=1S/C33H31N5O2S/c1-21-20-27(22(2)38(21)24-13-15-25(39)16-14-24)32-31(29-11-5-6-18-34-29)36-33(41)37(32)19-17-30(40)35-28-12-7-9-23-8-3-4-10-26(23)28/h3-16,18,20,31-32,39H,17,19H2,1-2H3,(H,35,40)(H,36,41)/t31-,32+/m0/s1. The Hall–Kier alpha value is -4.69. The Bertz CT molecular complexity index is 1730. The van der Waals surface area contributed by atoms with Crippen molar-refractivity contribution in [2.75, 3.05) is 11.9 Å². The first-order valence-electron chi connectivity index (χ1n) is 13.6. The fraction of sp³-hybridized carbons (Fsp3) is 0.182. The number of hydrogen-bond donors (Lipinski definition) is 3. The van der Waals surface area contributed by atoms with Crippen LogP contribution in [0, 0.1) is 13.8 Å². The molecule has 1 fully saturated rings. The number of anilines is 1. The average molecular weight is 562 g/mol. The minimum absolute atomic E-state index is 0.0706. The lowest BCUT2D eigenvalue weighted by Crippen LogP contribution is -2.33. The highest BCUT2D eigenvalue weighted by Crippen LogP contribution is 2.41. The summed E-state index contributed by atoms with van der Waals surface area (Å²) in [6, 6.07) is 28.9. The number of nitrogens with one attached hydrogen (secondary N) is 2. The van der Waals surface area contributed by atoms with E-state index >= 15 is 0 Å². The molecule has 3 aromatic carbocycles. The highest BCUT2D eigenvalue weighted by Gasteiger charge is 2.41. The van der Waals surface area contributed by atoms with Crippen LogP contribution in [0.5, 0.6) is 5.75 Å². The van der Waals surface area contributed by atoms with Gasteiger partial charge < -0.3 is 25.2 Å². The molecular formula is C33H31N5O2S. The molecule has 1 aliphatic heterocycles. The Morgan fingerprint density at radius 3 is 2.54 bits per heavy atom. The molecule has 5 aromatic rings. The summed E-state index contributed by atoms with van der Waals surface area (Å²) in [7, 11) is 0. The summed E-state index contributed by atoms with van der Waals surface area (Å²) in [5.74, 6) is 0.156. The van der Waals surface area contributed by atoms with E-state index in [1.165, 1.54) is 0 Å². The van der Waals surface area contributed by atoms with E-state index in [4.69, 9.17) is 12.2 Å². The highest BCUT2D eigenvalue weighted by molar-refractivity contribution is 7.80. The Labute approximate surface area is 244 Å². The van der Waals surface area contributed by atoms with Crippen LogP contribution in [0.1, 0.15) is 41.1 Å². The third kappa shape index (κ3) is 5.14. The Kier molecular flexibility index (Phi) is 7.15. The summed E-state index contributed by atoms with van der Waals surface area (Å²) in [6.45, 7) is 4.61. The van der Waals surface area contributed by atoms with Crippen molar-refractivity contribution in [1.29, 1.82) is 0 Å². The van der Waals surface area contributed by atoms with E-state index in [9.17, 15) is 9.90 Å². The number of carbonyl (C=O) groups excluding carboxylic acids is 1. The first-order chi connectivity index (χ1) is 19.9. The molecule has 0 spiro atoms. The number of hydrogen-bond acceptors (Lipinski definition) is 4. The molecule has 0 unspecified atom stereocenters. The van der Waals surface area contributed by atoms with Gasteiger partial charge in [0, 0.05) is 47.3 Å². The monoisotopic (exact) mass is 561 g/mol. The van der Waals surface area contributed by atoms with Crippen LogP contribution in [0.25, 0.3) is 16.5 Å². The van der Waals surface area contributed by atoms with Crippen LogP contribution < -0.4 is 10.6 Å². The molecule has 2 atom stereocenters. The van der Waals surface area contributed by atoms with Crippen LogP contribution in [0.2, 0.25) is 0 Å².